The lowest BCUT2D eigenvalue weighted by Crippen LogP contribution is -2.31. The first kappa shape index (κ1) is 17.9. The van der Waals surface area contributed by atoms with Crippen LogP contribution in [0, 0.1) is 0 Å². The third kappa shape index (κ3) is 4.12. The number of nitrogens with one attached hydrogen (secondary N) is 2. The monoisotopic (exact) mass is 394 g/mol. The van der Waals surface area contributed by atoms with Gasteiger partial charge in [0.2, 0.25) is 0 Å². The molecule has 4 rings (SSSR count). The maximum atomic E-state index is 5.68. The molecule has 2 N–H and O–H groups in total. The Bertz CT molecular complexity index is 852. The van der Waals surface area contributed by atoms with Gasteiger partial charge in [-0.2, -0.15) is 0 Å². The molecule has 1 aromatic carbocycles. The minimum atomic E-state index is 0.0828. The fraction of sp³-hybridized carbons (Fsp3) is 0.238. The summed E-state index contributed by atoms with van der Waals surface area (Å²) in [7, 11) is 0. The molecule has 4 nitrogen and oxygen atoms in total. The molecule has 27 heavy (non-hydrogen) atoms. The van der Waals surface area contributed by atoms with Gasteiger partial charge in [0, 0.05) is 29.9 Å². The Kier molecular flexibility index (Phi) is 5.65. The number of thiophene rings is 1. The number of nitrogens with zero attached hydrogens (tertiary/aromatic N) is 2. The van der Waals surface area contributed by atoms with E-state index in [2.05, 4.69) is 56.2 Å². The van der Waals surface area contributed by atoms with Crippen molar-refractivity contribution >= 4 is 34.4 Å². The van der Waals surface area contributed by atoms with Crippen LogP contribution in [0.2, 0.25) is 0 Å². The fourth-order valence-corrected chi connectivity index (χ4v) is 4.66. The van der Waals surface area contributed by atoms with Crippen LogP contribution >= 0.6 is 23.6 Å². The van der Waals surface area contributed by atoms with Crippen molar-refractivity contribution in [2.24, 2.45) is 0 Å². The third-order valence-electron chi connectivity index (χ3n) is 4.71. The minimum Gasteiger partial charge on any atom is -0.385 e. The summed E-state index contributed by atoms with van der Waals surface area (Å²) in [4.78, 5) is 8.20. The quantitative estimate of drug-likeness (QED) is 0.452. The highest BCUT2D eigenvalue weighted by molar-refractivity contribution is 7.80. The van der Waals surface area contributed by atoms with E-state index >= 15 is 0 Å². The summed E-state index contributed by atoms with van der Waals surface area (Å²) in [6.07, 6.45) is 2.85. The Morgan fingerprint density at radius 1 is 1.07 bits per heavy atom. The molecule has 0 aliphatic carbocycles. The van der Waals surface area contributed by atoms with Crippen LogP contribution in [0.1, 0.15) is 29.1 Å². The molecule has 1 aliphatic rings. The maximum Gasteiger partial charge on any atom is 0.170 e. The SMILES string of the molecule is S=C1NC(c2ccccn2)C(c2cccs2)N1CCCNc1ccccc1. The lowest BCUT2D eigenvalue weighted by atomic mass is 10.0. The summed E-state index contributed by atoms with van der Waals surface area (Å²) in [6, 6.07) is 20.9. The number of rotatable bonds is 7. The van der Waals surface area contributed by atoms with Crippen molar-refractivity contribution in [1.29, 1.82) is 0 Å². The van der Waals surface area contributed by atoms with E-state index in [1.54, 1.807) is 11.3 Å². The van der Waals surface area contributed by atoms with Crippen molar-refractivity contribution < 1.29 is 0 Å². The van der Waals surface area contributed by atoms with E-state index in [0.717, 1.165) is 36.0 Å². The molecule has 138 valence electrons. The predicted octanol–water partition coefficient (Wildman–Crippen LogP) is 4.62. The number of aromatic nitrogens is 1. The molecule has 0 bridgehead atoms. The molecule has 3 heterocycles. The Hall–Kier alpha value is -2.44. The molecule has 0 radical (unpaired) electrons. The van der Waals surface area contributed by atoms with Gasteiger partial charge in [-0.3, -0.25) is 4.98 Å². The van der Waals surface area contributed by atoms with Crippen molar-refractivity contribution in [3.63, 3.8) is 0 Å². The van der Waals surface area contributed by atoms with Crippen molar-refractivity contribution in [2.45, 2.75) is 18.5 Å². The van der Waals surface area contributed by atoms with Gasteiger partial charge >= 0.3 is 0 Å². The first-order chi connectivity index (χ1) is 13.3. The first-order valence-electron chi connectivity index (χ1n) is 9.13. The highest BCUT2D eigenvalue weighted by Gasteiger charge is 2.39. The number of pyridine rings is 1. The van der Waals surface area contributed by atoms with Crippen LogP contribution in [0.4, 0.5) is 5.69 Å². The zero-order valence-corrected chi connectivity index (χ0v) is 16.5. The van der Waals surface area contributed by atoms with Crippen LogP contribution in [0.25, 0.3) is 0 Å². The van der Waals surface area contributed by atoms with E-state index in [1.165, 1.54) is 4.88 Å². The van der Waals surface area contributed by atoms with E-state index in [1.807, 2.05) is 36.5 Å². The lowest BCUT2D eigenvalue weighted by molar-refractivity contribution is 0.321. The highest BCUT2D eigenvalue weighted by Crippen LogP contribution is 2.40. The molecule has 2 unspecified atom stereocenters. The van der Waals surface area contributed by atoms with E-state index in [-0.39, 0.29) is 12.1 Å². The molecule has 1 fully saturated rings. The number of anilines is 1. The van der Waals surface area contributed by atoms with Crippen LogP contribution in [-0.2, 0) is 0 Å². The maximum absolute atomic E-state index is 5.68. The number of thiocarbonyl (C=S) groups is 1. The van der Waals surface area contributed by atoms with Crippen LogP contribution in [-0.4, -0.2) is 28.1 Å². The van der Waals surface area contributed by atoms with Crippen LogP contribution < -0.4 is 10.6 Å². The van der Waals surface area contributed by atoms with Gasteiger partial charge < -0.3 is 15.5 Å². The molecular weight excluding hydrogens is 372 g/mol. The molecular formula is C21H22N4S2. The number of benzene rings is 1. The molecule has 0 saturated carbocycles. The van der Waals surface area contributed by atoms with Crippen molar-refractivity contribution in [3.05, 3.63) is 82.8 Å². The summed E-state index contributed by atoms with van der Waals surface area (Å²) in [5.41, 5.74) is 2.18. The second-order valence-corrected chi connectivity index (χ2v) is 7.85. The number of hydrogen-bond acceptors (Lipinski definition) is 4. The smallest absolute Gasteiger partial charge is 0.170 e. The van der Waals surface area contributed by atoms with Gasteiger partial charge in [-0.1, -0.05) is 30.3 Å². The summed E-state index contributed by atoms with van der Waals surface area (Å²) in [6.45, 7) is 1.81. The number of para-hydroxylation sites is 1. The van der Waals surface area contributed by atoms with E-state index < -0.39 is 0 Å². The molecule has 0 amide bonds. The van der Waals surface area contributed by atoms with E-state index in [0.29, 0.717) is 0 Å². The van der Waals surface area contributed by atoms with Gasteiger partial charge in [0.15, 0.2) is 5.11 Å². The summed E-state index contributed by atoms with van der Waals surface area (Å²) < 4.78 is 0. The van der Waals surface area contributed by atoms with Gasteiger partial charge in [0.05, 0.1) is 17.8 Å². The third-order valence-corrected chi connectivity index (χ3v) is 6.01. The van der Waals surface area contributed by atoms with Crippen molar-refractivity contribution in [2.75, 3.05) is 18.4 Å². The van der Waals surface area contributed by atoms with Gasteiger partial charge in [-0.25, -0.2) is 0 Å². The minimum absolute atomic E-state index is 0.0828. The van der Waals surface area contributed by atoms with Gasteiger partial charge in [0.1, 0.15) is 0 Å². The van der Waals surface area contributed by atoms with Gasteiger partial charge in [-0.05, 0) is 54.4 Å². The second kappa shape index (κ2) is 8.50. The fourth-order valence-electron chi connectivity index (χ4n) is 3.45. The Morgan fingerprint density at radius 3 is 2.67 bits per heavy atom. The molecule has 2 aromatic heterocycles. The van der Waals surface area contributed by atoms with E-state index in [9.17, 15) is 0 Å². The van der Waals surface area contributed by atoms with Gasteiger partial charge in [0.25, 0.3) is 0 Å². The average molecular weight is 395 g/mol. The molecule has 3 aromatic rings. The molecule has 2 atom stereocenters. The molecule has 1 saturated heterocycles. The Labute approximate surface area is 169 Å². The number of hydrogen-bond donors (Lipinski definition) is 2. The lowest BCUT2D eigenvalue weighted by Gasteiger charge is -2.27. The normalized spacial score (nSPS) is 19.1. The zero-order valence-electron chi connectivity index (χ0n) is 14.9. The largest absolute Gasteiger partial charge is 0.385 e. The first-order valence-corrected chi connectivity index (χ1v) is 10.4. The molecule has 6 heteroatoms. The van der Waals surface area contributed by atoms with Crippen molar-refractivity contribution in [1.82, 2.24) is 15.2 Å². The van der Waals surface area contributed by atoms with Gasteiger partial charge in [-0.15, -0.1) is 11.3 Å². The molecule has 1 aliphatic heterocycles. The Morgan fingerprint density at radius 2 is 1.93 bits per heavy atom. The summed E-state index contributed by atoms with van der Waals surface area (Å²) in [5, 5.41) is 9.91. The topological polar surface area (TPSA) is 40.2 Å². The Balaban J connectivity index is 1.46. The average Bonchev–Trinajstić information content (AvgIpc) is 3.35. The standard InChI is InChI=1S/C21H22N4S2/c26-21-24-19(17-10-4-5-12-23-17)20(18-11-6-15-27-18)25(21)14-7-13-22-16-8-2-1-3-9-16/h1-6,8-12,15,19-20,22H,7,13-14H2,(H,24,26). The van der Waals surface area contributed by atoms with Crippen LogP contribution in [0.5, 0.6) is 0 Å². The van der Waals surface area contributed by atoms with Crippen LogP contribution in [0.3, 0.4) is 0 Å². The highest BCUT2D eigenvalue weighted by atomic mass is 32.1. The predicted molar refractivity (Wildman–Crippen MR) is 116 cm³/mol. The van der Waals surface area contributed by atoms with E-state index in [4.69, 9.17) is 12.2 Å². The molecule has 0 spiro atoms. The summed E-state index contributed by atoms with van der Waals surface area (Å²) in [5.74, 6) is 0. The zero-order chi connectivity index (χ0) is 18.5. The van der Waals surface area contributed by atoms with Crippen LogP contribution in [0.15, 0.2) is 72.2 Å². The van der Waals surface area contributed by atoms with Crippen molar-refractivity contribution in [3.8, 4) is 0 Å². The second-order valence-electron chi connectivity index (χ2n) is 6.48. The summed E-state index contributed by atoms with van der Waals surface area (Å²) >= 11 is 7.46.